The molecule has 0 aliphatic heterocycles. The van der Waals surface area contributed by atoms with Gasteiger partial charge in [0.05, 0.1) is 10.6 Å². The summed E-state index contributed by atoms with van der Waals surface area (Å²) in [6, 6.07) is 18.2. The predicted molar refractivity (Wildman–Crippen MR) is 114 cm³/mol. The topological polar surface area (TPSA) is 51.2 Å². The van der Waals surface area contributed by atoms with Gasteiger partial charge in [-0.1, -0.05) is 72.0 Å². The normalized spacial score (nSPS) is 11.8. The summed E-state index contributed by atoms with van der Waals surface area (Å²) < 4.78 is 5.49. The molecule has 0 saturated carbocycles. The van der Waals surface area contributed by atoms with Crippen molar-refractivity contribution in [2.24, 2.45) is 0 Å². The number of hydrogen-bond donors (Lipinski definition) is 1. The van der Waals surface area contributed by atoms with Crippen LogP contribution in [0.2, 0.25) is 5.02 Å². The van der Waals surface area contributed by atoms with Crippen molar-refractivity contribution in [1.82, 2.24) is 10.3 Å². The highest BCUT2D eigenvalue weighted by atomic mass is 35.5. The van der Waals surface area contributed by atoms with Crippen LogP contribution in [-0.4, -0.2) is 24.2 Å². The Kier molecular flexibility index (Phi) is 5.79. The van der Waals surface area contributed by atoms with E-state index in [1.165, 1.54) is 22.3 Å². The number of carbonyl (C=O) groups excluding carboxylic acids is 1. The van der Waals surface area contributed by atoms with Crippen LogP contribution in [0.3, 0.4) is 0 Å². The number of amides is 1. The zero-order valence-electron chi connectivity index (χ0n) is 15.7. The SMILES string of the molecule is O=C(NCCC#Cc1cnccc1Cl)OCC1c2ccccc2-c2ccccc21. The smallest absolute Gasteiger partial charge is 0.407 e. The molecule has 0 atom stereocenters. The standard InChI is InChI=1S/C24H19ClN2O2/c25-23-12-14-26-15-17(23)7-5-6-13-27-24(28)29-16-22-20-10-3-1-8-18(20)19-9-2-4-11-21(19)22/h1-4,8-12,14-15,22H,6,13,16H2,(H,27,28). The van der Waals surface area contributed by atoms with Crippen molar-refractivity contribution in [2.75, 3.05) is 13.2 Å². The van der Waals surface area contributed by atoms with Crippen LogP contribution < -0.4 is 5.32 Å². The maximum Gasteiger partial charge on any atom is 0.407 e. The molecule has 2 aromatic carbocycles. The van der Waals surface area contributed by atoms with E-state index in [4.69, 9.17) is 16.3 Å². The lowest BCUT2D eigenvalue weighted by atomic mass is 9.98. The first kappa shape index (κ1) is 19.0. The monoisotopic (exact) mass is 402 g/mol. The molecule has 1 aliphatic rings. The van der Waals surface area contributed by atoms with E-state index in [-0.39, 0.29) is 5.92 Å². The maximum absolute atomic E-state index is 12.1. The molecule has 144 valence electrons. The summed E-state index contributed by atoms with van der Waals surface area (Å²) in [7, 11) is 0. The van der Waals surface area contributed by atoms with Gasteiger partial charge in [-0.05, 0) is 28.3 Å². The van der Waals surface area contributed by atoms with Gasteiger partial charge in [-0.3, -0.25) is 4.98 Å². The maximum atomic E-state index is 12.1. The molecular formula is C24H19ClN2O2. The van der Waals surface area contributed by atoms with E-state index in [2.05, 4.69) is 46.4 Å². The molecule has 1 N–H and O–H groups in total. The number of benzene rings is 2. The number of pyridine rings is 1. The molecule has 0 unspecified atom stereocenters. The fourth-order valence-electron chi connectivity index (χ4n) is 3.50. The van der Waals surface area contributed by atoms with E-state index in [9.17, 15) is 4.79 Å². The van der Waals surface area contributed by atoms with Crippen molar-refractivity contribution in [3.8, 4) is 23.0 Å². The molecule has 0 fully saturated rings. The van der Waals surface area contributed by atoms with Gasteiger partial charge in [0.25, 0.3) is 0 Å². The van der Waals surface area contributed by atoms with Crippen LogP contribution in [0.4, 0.5) is 4.79 Å². The molecule has 4 rings (SSSR count). The van der Waals surface area contributed by atoms with E-state index in [0.717, 1.165) is 0 Å². The predicted octanol–water partition coefficient (Wildman–Crippen LogP) is 5.02. The van der Waals surface area contributed by atoms with Crippen molar-refractivity contribution < 1.29 is 9.53 Å². The summed E-state index contributed by atoms with van der Waals surface area (Å²) in [5.41, 5.74) is 5.49. The minimum Gasteiger partial charge on any atom is -0.449 e. The Labute approximate surface area is 174 Å². The first-order valence-corrected chi connectivity index (χ1v) is 9.79. The number of hydrogen-bond acceptors (Lipinski definition) is 3. The molecule has 1 aliphatic carbocycles. The number of alkyl carbamates (subject to hydrolysis) is 1. The number of nitrogens with zero attached hydrogens (tertiary/aromatic N) is 1. The van der Waals surface area contributed by atoms with Crippen molar-refractivity contribution >= 4 is 17.7 Å². The van der Waals surface area contributed by atoms with Crippen LogP contribution in [0, 0.1) is 11.8 Å². The Morgan fingerprint density at radius 3 is 2.45 bits per heavy atom. The lowest BCUT2D eigenvalue weighted by Gasteiger charge is -2.14. The van der Waals surface area contributed by atoms with Crippen molar-refractivity contribution in [3.63, 3.8) is 0 Å². The summed E-state index contributed by atoms with van der Waals surface area (Å²) in [6.07, 6.45) is 3.30. The average Bonchev–Trinajstić information content (AvgIpc) is 3.07. The molecule has 3 aromatic rings. The molecule has 1 amide bonds. The van der Waals surface area contributed by atoms with Crippen LogP contribution >= 0.6 is 11.6 Å². The fourth-order valence-corrected chi connectivity index (χ4v) is 3.66. The molecule has 0 bridgehead atoms. The summed E-state index contributed by atoms with van der Waals surface area (Å²) >= 11 is 6.03. The molecule has 1 aromatic heterocycles. The summed E-state index contributed by atoms with van der Waals surface area (Å²) in [6.45, 7) is 0.707. The number of fused-ring (bicyclic) bond motifs is 3. The lowest BCUT2D eigenvalue weighted by Crippen LogP contribution is -2.26. The number of nitrogens with one attached hydrogen (secondary N) is 1. The third-order valence-electron chi connectivity index (χ3n) is 4.85. The summed E-state index contributed by atoms with van der Waals surface area (Å²) in [5.74, 6) is 5.98. The van der Waals surface area contributed by atoms with E-state index < -0.39 is 6.09 Å². The molecule has 29 heavy (non-hydrogen) atoms. The number of aromatic nitrogens is 1. The Morgan fingerprint density at radius 1 is 1.07 bits per heavy atom. The number of carbonyl (C=O) groups is 1. The van der Waals surface area contributed by atoms with Gasteiger partial charge >= 0.3 is 6.09 Å². The zero-order chi connectivity index (χ0) is 20.1. The van der Waals surface area contributed by atoms with Gasteiger partial charge in [0.2, 0.25) is 0 Å². The van der Waals surface area contributed by atoms with Crippen molar-refractivity contribution in [2.45, 2.75) is 12.3 Å². The third-order valence-corrected chi connectivity index (χ3v) is 5.18. The second-order valence-electron chi connectivity index (χ2n) is 6.66. The van der Waals surface area contributed by atoms with Crippen LogP contribution in [-0.2, 0) is 4.74 Å². The van der Waals surface area contributed by atoms with Crippen molar-refractivity contribution in [3.05, 3.63) is 88.7 Å². The molecule has 5 heteroatoms. The summed E-state index contributed by atoms with van der Waals surface area (Å²) in [4.78, 5) is 16.1. The van der Waals surface area contributed by atoms with Gasteiger partial charge in [0.1, 0.15) is 6.61 Å². The first-order chi connectivity index (χ1) is 14.2. The van der Waals surface area contributed by atoms with Crippen LogP contribution in [0.5, 0.6) is 0 Å². The Hall–Kier alpha value is -3.29. The highest BCUT2D eigenvalue weighted by Crippen LogP contribution is 2.44. The number of ether oxygens (including phenoxy) is 1. The highest BCUT2D eigenvalue weighted by Gasteiger charge is 2.28. The quantitative estimate of drug-likeness (QED) is 0.492. The van der Waals surface area contributed by atoms with Gasteiger partial charge in [0.15, 0.2) is 0 Å². The van der Waals surface area contributed by atoms with Crippen LogP contribution in [0.25, 0.3) is 11.1 Å². The van der Waals surface area contributed by atoms with Gasteiger partial charge < -0.3 is 10.1 Å². The summed E-state index contributed by atoms with van der Waals surface area (Å²) in [5, 5.41) is 3.31. The van der Waals surface area contributed by atoms with Crippen LogP contribution in [0.1, 0.15) is 29.0 Å². The Balaban J connectivity index is 1.30. The molecule has 0 spiro atoms. The second-order valence-corrected chi connectivity index (χ2v) is 7.07. The fraction of sp³-hybridized carbons (Fsp3) is 0.167. The van der Waals surface area contributed by atoms with Crippen LogP contribution in [0.15, 0.2) is 67.0 Å². The van der Waals surface area contributed by atoms with E-state index in [0.29, 0.717) is 30.2 Å². The van der Waals surface area contributed by atoms with Gasteiger partial charge in [-0.2, -0.15) is 0 Å². The van der Waals surface area contributed by atoms with Gasteiger partial charge in [-0.25, -0.2) is 4.79 Å². The second kappa shape index (κ2) is 8.81. The van der Waals surface area contributed by atoms with Gasteiger partial charge in [-0.15, -0.1) is 0 Å². The van der Waals surface area contributed by atoms with Gasteiger partial charge in [0, 0.05) is 31.3 Å². The molecule has 0 radical (unpaired) electrons. The van der Waals surface area contributed by atoms with E-state index in [1.54, 1.807) is 18.5 Å². The Bertz CT molecular complexity index is 1060. The third kappa shape index (κ3) is 4.26. The molecule has 1 heterocycles. The number of halogens is 1. The largest absolute Gasteiger partial charge is 0.449 e. The molecule has 4 nitrogen and oxygen atoms in total. The van der Waals surface area contributed by atoms with Crippen molar-refractivity contribution in [1.29, 1.82) is 0 Å². The number of rotatable bonds is 4. The van der Waals surface area contributed by atoms with E-state index >= 15 is 0 Å². The minimum atomic E-state index is -0.437. The molecular weight excluding hydrogens is 384 g/mol. The highest BCUT2D eigenvalue weighted by molar-refractivity contribution is 6.31. The zero-order valence-corrected chi connectivity index (χ0v) is 16.4. The lowest BCUT2D eigenvalue weighted by molar-refractivity contribution is 0.143. The Morgan fingerprint density at radius 2 is 1.76 bits per heavy atom. The first-order valence-electron chi connectivity index (χ1n) is 9.41. The minimum absolute atomic E-state index is 0.0562. The average molecular weight is 403 g/mol. The van der Waals surface area contributed by atoms with E-state index in [1.807, 2.05) is 24.3 Å². The molecule has 0 saturated heterocycles.